The van der Waals surface area contributed by atoms with E-state index < -0.39 is 18.4 Å². The van der Waals surface area contributed by atoms with Crippen LogP contribution in [0.1, 0.15) is 45.9 Å². The van der Waals surface area contributed by atoms with Crippen LogP contribution in [0, 0.1) is 0 Å². The molecule has 1 aromatic heterocycles. The zero-order valence-corrected chi connectivity index (χ0v) is 14.5. The largest absolute Gasteiger partial charge is 0.366 e. The average molecular weight is 372 g/mol. The van der Waals surface area contributed by atoms with Gasteiger partial charge in [0.15, 0.2) is 0 Å². The summed E-state index contributed by atoms with van der Waals surface area (Å²) in [5.41, 5.74) is 6.63. The molecule has 8 heteroatoms. The van der Waals surface area contributed by atoms with Gasteiger partial charge in [0.05, 0.1) is 11.0 Å². The monoisotopic (exact) mass is 372 g/mol. The van der Waals surface area contributed by atoms with E-state index in [0.717, 1.165) is 4.57 Å². The molecule has 2 amide bonds. The highest BCUT2D eigenvalue weighted by atomic mass is 19.3. The minimum Gasteiger partial charge on any atom is -0.366 e. The van der Waals surface area contributed by atoms with Gasteiger partial charge in [-0.3, -0.25) is 14.2 Å². The van der Waals surface area contributed by atoms with Crippen LogP contribution >= 0.6 is 0 Å². The molecule has 3 aromatic rings. The molecule has 0 aliphatic carbocycles. The SMILES string of the molecule is C[C@H](CNC(=O)c1ccc(C(N)=O)cc1)c1nc2ccccc2n1C(F)F. The first kappa shape index (κ1) is 18.5. The van der Waals surface area contributed by atoms with Crippen LogP contribution < -0.4 is 11.1 Å². The number of para-hydroxylation sites is 2. The van der Waals surface area contributed by atoms with Gasteiger partial charge in [0.1, 0.15) is 5.82 Å². The van der Waals surface area contributed by atoms with Crippen LogP contribution in [0.15, 0.2) is 48.5 Å². The third-order valence-electron chi connectivity index (χ3n) is 4.26. The van der Waals surface area contributed by atoms with Gasteiger partial charge in [-0.05, 0) is 36.4 Å². The lowest BCUT2D eigenvalue weighted by Crippen LogP contribution is -2.28. The van der Waals surface area contributed by atoms with Crippen molar-refractivity contribution < 1.29 is 18.4 Å². The van der Waals surface area contributed by atoms with E-state index in [2.05, 4.69) is 10.3 Å². The molecule has 0 unspecified atom stereocenters. The highest BCUT2D eigenvalue weighted by molar-refractivity contribution is 5.97. The van der Waals surface area contributed by atoms with E-state index in [1.807, 2.05) is 0 Å². The predicted molar refractivity (Wildman–Crippen MR) is 96.7 cm³/mol. The summed E-state index contributed by atoms with van der Waals surface area (Å²) in [6.45, 7) is -0.880. The van der Waals surface area contributed by atoms with Gasteiger partial charge in [0.25, 0.3) is 5.91 Å². The molecule has 0 saturated carbocycles. The van der Waals surface area contributed by atoms with Crippen molar-refractivity contribution in [2.24, 2.45) is 5.73 Å². The van der Waals surface area contributed by atoms with Crippen molar-refractivity contribution in [1.82, 2.24) is 14.9 Å². The number of alkyl halides is 2. The predicted octanol–water partition coefficient (Wildman–Crippen LogP) is 3.06. The van der Waals surface area contributed by atoms with E-state index in [-0.39, 0.29) is 18.3 Å². The van der Waals surface area contributed by atoms with E-state index in [0.29, 0.717) is 22.2 Å². The maximum atomic E-state index is 13.5. The number of benzene rings is 2. The summed E-state index contributed by atoms with van der Waals surface area (Å²) in [4.78, 5) is 27.6. The van der Waals surface area contributed by atoms with Gasteiger partial charge in [0.2, 0.25) is 5.91 Å². The Kier molecular flexibility index (Phi) is 5.16. The van der Waals surface area contributed by atoms with Crippen molar-refractivity contribution in [2.45, 2.75) is 19.4 Å². The maximum Gasteiger partial charge on any atom is 0.320 e. The van der Waals surface area contributed by atoms with Gasteiger partial charge >= 0.3 is 6.55 Å². The molecule has 0 saturated heterocycles. The molecule has 0 bridgehead atoms. The zero-order chi connectivity index (χ0) is 19.6. The van der Waals surface area contributed by atoms with Crippen molar-refractivity contribution >= 4 is 22.8 Å². The third kappa shape index (κ3) is 3.79. The highest BCUT2D eigenvalue weighted by Gasteiger charge is 2.22. The maximum absolute atomic E-state index is 13.5. The van der Waals surface area contributed by atoms with Crippen molar-refractivity contribution in [2.75, 3.05) is 6.54 Å². The number of imidazole rings is 1. The second-order valence-corrected chi connectivity index (χ2v) is 6.16. The molecule has 3 N–H and O–H groups in total. The van der Waals surface area contributed by atoms with E-state index in [1.54, 1.807) is 31.2 Å². The molecule has 0 radical (unpaired) electrons. The van der Waals surface area contributed by atoms with E-state index >= 15 is 0 Å². The molecule has 6 nitrogen and oxygen atoms in total. The molecule has 140 valence electrons. The number of rotatable bonds is 6. The lowest BCUT2D eigenvalue weighted by Gasteiger charge is -2.15. The van der Waals surface area contributed by atoms with Crippen LogP contribution in [-0.2, 0) is 0 Å². The van der Waals surface area contributed by atoms with Crippen molar-refractivity contribution in [3.63, 3.8) is 0 Å². The summed E-state index contributed by atoms with van der Waals surface area (Å²) in [5, 5.41) is 2.70. The van der Waals surface area contributed by atoms with Crippen LogP contribution in [0.3, 0.4) is 0 Å². The van der Waals surface area contributed by atoms with Gasteiger partial charge in [-0.25, -0.2) is 4.98 Å². The number of aromatic nitrogens is 2. The summed E-state index contributed by atoms with van der Waals surface area (Å²) in [6.07, 6.45) is 0. The van der Waals surface area contributed by atoms with Gasteiger partial charge in [0, 0.05) is 23.6 Å². The molecule has 0 aliphatic heterocycles. The Morgan fingerprint density at radius 3 is 2.37 bits per heavy atom. The van der Waals surface area contributed by atoms with Crippen LogP contribution in [0.5, 0.6) is 0 Å². The summed E-state index contributed by atoms with van der Waals surface area (Å²) < 4.78 is 27.9. The topological polar surface area (TPSA) is 90.0 Å². The second kappa shape index (κ2) is 7.53. The Bertz CT molecular complexity index is 983. The molecule has 1 heterocycles. The second-order valence-electron chi connectivity index (χ2n) is 6.16. The number of halogens is 2. The zero-order valence-electron chi connectivity index (χ0n) is 14.5. The molecule has 0 fully saturated rings. The first-order chi connectivity index (χ1) is 12.9. The number of nitrogens with one attached hydrogen (secondary N) is 1. The number of nitrogens with two attached hydrogens (primary N) is 1. The molecule has 1 atom stereocenters. The summed E-state index contributed by atoms with van der Waals surface area (Å²) >= 11 is 0. The molecule has 3 rings (SSSR count). The van der Waals surface area contributed by atoms with Crippen LogP contribution in [0.25, 0.3) is 11.0 Å². The number of nitrogens with zero attached hydrogens (tertiary/aromatic N) is 2. The lowest BCUT2D eigenvalue weighted by atomic mass is 10.1. The summed E-state index contributed by atoms with van der Waals surface area (Å²) in [7, 11) is 0. The number of amides is 2. The molecular formula is C19H18F2N4O2. The fourth-order valence-corrected chi connectivity index (χ4v) is 2.84. The Hall–Kier alpha value is -3.29. The third-order valence-corrected chi connectivity index (χ3v) is 4.26. The number of hydrogen-bond donors (Lipinski definition) is 2. The average Bonchev–Trinajstić information content (AvgIpc) is 3.05. The Morgan fingerprint density at radius 2 is 1.74 bits per heavy atom. The number of fused-ring (bicyclic) bond motifs is 1. The first-order valence-corrected chi connectivity index (χ1v) is 8.31. The number of primary amides is 1. The molecule has 27 heavy (non-hydrogen) atoms. The van der Waals surface area contributed by atoms with E-state index in [9.17, 15) is 18.4 Å². The number of carbonyl (C=O) groups is 2. The molecule has 0 spiro atoms. The minimum absolute atomic E-state index is 0.131. The normalized spacial score (nSPS) is 12.3. The first-order valence-electron chi connectivity index (χ1n) is 8.31. The Balaban J connectivity index is 1.75. The Labute approximate surface area is 154 Å². The quantitative estimate of drug-likeness (QED) is 0.697. The van der Waals surface area contributed by atoms with E-state index in [4.69, 9.17) is 5.73 Å². The summed E-state index contributed by atoms with van der Waals surface area (Å²) in [5.74, 6) is -1.19. The standard InChI is InChI=1S/C19H18F2N4O2/c1-11(10-23-18(27)13-8-6-12(7-9-13)16(22)26)17-24-14-4-2-3-5-15(14)25(17)19(20)21/h2-9,11,19H,10H2,1H3,(H2,22,26)(H,23,27)/t11-/m1/s1. The molecule has 0 aliphatic rings. The van der Waals surface area contributed by atoms with Crippen molar-refractivity contribution in [3.8, 4) is 0 Å². The lowest BCUT2D eigenvalue weighted by molar-refractivity contribution is 0.0703. The van der Waals surface area contributed by atoms with Crippen LogP contribution in [0.2, 0.25) is 0 Å². The fraction of sp³-hybridized carbons (Fsp3) is 0.211. The van der Waals surface area contributed by atoms with Crippen molar-refractivity contribution in [3.05, 3.63) is 65.5 Å². The van der Waals surface area contributed by atoms with Crippen LogP contribution in [0.4, 0.5) is 8.78 Å². The fourth-order valence-electron chi connectivity index (χ4n) is 2.84. The smallest absolute Gasteiger partial charge is 0.320 e. The van der Waals surface area contributed by atoms with Gasteiger partial charge < -0.3 is 11.1 Å². The van der Waals surface area contributed by atoms with Gasteiger partial charge in [-0.15, -0.1) is 0 Å². The highest BCUT2D eigenvalue weighted by Crippen LogP contribution is 2.27. The number of carbonyl (C=O) groups excluding carboxylic acids is 2. The summed E-state index contributed by atoms with van der Waals surface area (Å²) in [6, 6.07) is 12.5. The Morgan fingerprint density at radius 1 is 1.11 bits per heavy atom. The van der Waals surface area contributed by atoms with Gasteiger partial charge in [-0.2, -0.15) is 8.78 Å². The number of hydrogen-bond acceptors (Lipinski definition) is 3. The minimum atomic E-state index is -2.73. The molecule has 2 aromatic carbocycles. The van der Waals surface area contributed by atoms with E-state index in [1.165, 1.54) is 24.3 Å². The van der Waals surface area contributed by atoms with Crippen LogP contribution in [-0.4, -0.2) is 27.9 Å². The van der Waals surface area contributed by atoms with Crippen molar-refractivity contribution in [1.29, 1.82) is 0 Å². The van der Waals surface area contributed by atoms with Gasteiger partial charge in [-0.1, -0.05) is 19.1 Å². The molecular weight excluding hydrogens is 354 g/mol.